The van der Waals surface area contributed by atoms with E-state index in [1.165, 1.54) is 5.38 Å². The number of β-lactam (4-membered cyclic amide) rings is 1. The van der Waals surface area contributed by atoms with Crippen molar-refractivity contribution in [1.29, 1.82) is 0 Å². The Kier molecular flexibility index (Phi) is 5.99. The van der Waals surface area contributed by atoms with Gasteiger partial charge in [0.2, 0.25) is 6.61 Å². The molecule has 28 heavy (non-hydrogen) atoms. The van der Waals surface area contributed by atoms with E-state index in [4.69, 9.17) is 20.9 Å². The van der Waals surface area contributed by atoms with Crippen LogP contribution < -0.4 is 11.1 Å². The lowest BCUT2D eigenvalue weighted by molar-refractivity contribution is -0.144. The van der Waals surface area contributed by atoms with Crippen molar-refractivity contribution in [2.24, 2.45) is 10.3 Å². The zero-order valence-electron chi connectivity index (χ0n) is 13.4. The van der Waals surface area contributed by atoms with Gasteiger partial charge in [0, 0.05) is 10.3 Å². The molecule has 0 radical (unpaired) electrons. The highest BCUT2D eigenvalue weighted by Crippen LogP contribution is 2.25. The normalized spacial score (nSPS) is 19.4. The van der Waals surface area contributed by atoms with Gasteiger partial charge in [0.1, 0.15) is 11.7 Å². The number of nitrogens with one attached hydrogen (secondary N) is 1. The fraction of sp³-hybridized carbons (Fsp3) is 0.300. The second-order valence-corrected chi connectivity index (χ2v) is 7.04. The standard InChI is InChI=1S/C10H10N8O8S2/c11-10-13-3(2-27-10)5(16-26-1-4(19)20)8(21)14-6-7(15-17-12)18(9(6)22)28(23,24)25/h2,6-7H,1H2,(H2,11,13)(H,14,21)(H,19,20)(H,23,24,25)/t6-,7+/m0/s1. The number of thiazole rings is 1. The maximum Gasteiger partial charge on any atom is 0.362 e. The molecule has 0 spiro atoms. The fourth-order valence-corrected chi connectivity index (χ4v) is 3.29. The predicted molar refractivity (Wildman–Crippen MR) is 89.9 cm³/mol. The number of aliphatic carboxylic acids is 1. The molecule has 0 saturated carbocycles. The Labute approximate surface area is 159 Å². The van der Waals surface area contributed by atoms with Gasteiger partial charge in [-0.1, -0.05) is 10.3 Å². The number of nitrogens with zero attached hydrogens (tertiary/aromatic N) is 6. The summed E-state index contributed by atoms with van der Waals surface area (Å²) in [7, 11) is -5.03. The molecule has 18 heteroatoms. The van der Waals surface area contributed by atoms with E-state index in [9.17, 15) is 22.8 Å². The van der Waals surface area contributed by atoms with Gasteiger partial charge in [-0.2, -0.15) is 8.42 Å². The van der Waals surface area contributed by atoms with Crippen LogP contribution in [0.15, 0.2) is 15.7 Å². The highest BCUT2D eigenvalue weighted by molar-refractivity contribution is 7.84. The summed E-state index contributed by atoms with van der Waals surface area (Å²) in [6.45, 7) is -0.892. The number of carbonyl (C=O) groups excluding carboxylic acids is 2. The molecule has 1 aliphatic heterocycles. The minimum atomic E-state index is -5.03. The van der Waals surface area contributed by atoms with Gasteiger partial charge in [0.15, 0.2) is 17.0 Å². The van der Waals surface area contributed by atoms with Crippen LogP contribution in [0.3, 0.4) is 0 Å². The van der Waals surface area contributed by atoms with Gasteiger partial charge in [-0.15, -0.1) is 11.3 Å². The summed E-state index contributed by atoms with van der Waals surface area (Å²) < 4.78 is 31.1. The zero-order valence-corrected chi connectivity index (χ0v) is 15.0. The summed E-state index contributed by atoms with van der Waals surface area (Å²) in [4.78, 5) is 45.4. The monoisotopic (exact) mass is 434 g/mol. The van der Waals surface area contributed by atoms with Gasteiger partial charge < -0.3 is 21.0 Å². The van der Waals surface area contributed by atoms with Crippen LogP contribution in [0, 0.1) is 0 Å². The number of nitrogens with two attached hydrogens (primary N) is 1. The number of rotatable bonds is 8. The highest BCUT2D eigenvalue weighted by atomic mass is 32.2. The van der Waals surface area contributed by atoms with Crippen molar-refractivity contribution < 1.29 is 37.3 Å². The molecule has 0 bridgehead atoms. The number of hydrogen-bond acceptors (Lipinski definition) is 11. The second-order valence-electron chi connectivity index (χ2n) is 4.86. The number of carboxylic acids is 1. The van der Waals surface area contributed by atoms with Crippen LogP contribution in [0.1, 0.15) is 5.69 Å². The Morgan fingerprint density at radius 2 is 2.21 bits per heavy atom. The Morgan fingerprint density at radius 3 is 2.71 bits per heavy atom. The summed E-state index contributed by atoms with van der Waals surface area (Å²) in [6.07, 6.45) is -1.77. The van der Waals surface area contributed by atoms with Gasteiger partial charge in [0.25, 0.3) is 11.8 Å². The number of carbonyl (C=O) groups is 3. The first-order valence-electron chi connectivity index (χ1n) is 6.85. The molecule has 1 aliphatic rings. The van der Waals surface area contributed by atoms with E-state index < -0.39 is 52.6 Å². The molecule has 0 aromatic carbocycles. The maximum atomic E-state index is 12.4. The Balaban J connectivity index is 2.26. The third-order valence-corrected chi connectivity index (χ3v) is 4.62. The minimum Gasteiger partial charge on any atom is -0.479 e. The molecule has 2 atom stereocenters. The lowest BCUT2D eigenvalue weighted by Gasteiger charge is -2.41. The Hall–Kier alpha value is -3.47. The van der Waals surface area contributed by atoms with Gasteiger partial charge in [-0.05, 0) is 5.53 Å². The zero-order chi connectivity index (χ0) is 21.1. The first kappa shape index (κ1) is 20.8. The Bertz CT molecular complexity index is 997. The summed E-state index contributed by atoms with van der Waals surface area (Å²) in [5.74, 6) is -3.80. The molecule has 1 saturated heterocycles. The van der Waals surface area contributed by atoms with Crippen LogP contribution in [0.5, 0.6) is 0 Å². The third-order valence-electron chi connectivity index (χ3n) is 3.05. The maximum absolute atomic E-state index is 12.4. The number of hydrogen-bond donors (Lipinski definition) is 4. The average molecular weight is 434 g/mol. The summed E-state index contributed by atoms with van der Waals surface area (Å²) in [6, 6.07) is -1.65. The Morgan fingerprint density at radius 1 is 1.54 bits per heavy atom. The number of azide groups is 1. The smallest absolute Gasteiger partial charge is 0.362 e. The molecule has 2 rings (SSSR count). The minimum absolute atomic E-state index is 0.0398. The van der Waals surface area contributed by atoms with Crippen molar-refractivity contribution in [1.82, 2.24) is 14.6 Å². The molecule has 2 amide bonds. The van der Waals surface area contributed by atoms with E-state index in [2.05, 4.69) is 25.0 Å². The van der Waals surface area contributed by atoms with E-state index >= 15 is 0 Å². The third kappa shape index (κ3) is 4.43. The summed E-state index contributed by atoms with van der Waals surface area (Å²) in [5.41, 5.74) is 13.2. The van der Waals surface area contributed by atoms with E-state index in [-0.39, 0.29) is 15.1 Å². The molecule has 5 N–H and O–H groups in total. The molecule has 1 aromatic heterocycles. The number of carboxylic acid groups (broad SMARTS) is 1. The lowest BCUT2D eigenvalue weighted by atomic mass is 10.1. The number of nitrogen functional groups attached to an aromatic ring is 1. The highest BCUT2D eigenvalue weighted by Gasteiger charge is 2.54. The number of oxime groups is 1. The quantitative estimate of drug-likeness (QED) is 0.0685. The van der Waals surface area contributed by atoms with Crippen molar-refractivity contribution in [3.63, 3.8) is 0 Å². The second kappa shape index (κ2) is 8.05. The molecular formula is C10H10N8O8S2. The lowest BCUT2D eigenvalue weighted by Crippen LogP contribution is -2.71. The van der Waals surface area contributed by atoms with Crippen LogP contribution in [0.2, 0.25) is 0 Å². The van der Waals surface area contributed by atoms with Gasteiger partial charge in [0.05, 0.1) is 0 Å². The topological polar surface area (TPSA) is 250 Å². The molecular weight excluding hydrogens is 424 g/mol. The SMILES string of the molecule is [N-]=[N+]=N[C@H]1[C@H](NC(=O)C(=NOCC(=O)O)c2csc(N)n2)C(=O)N1S(=O)(=O)O. The van der Waals surface area contributed by atoms with Crippen molar-refractivity contribution in [2.45, 2.75) is 12.2 Å². The van der Waals surface area contributed by atoms with E-state index in [0.29, 0.717) is 0 Å². The van der Waals surface area contributed by atoms with E-state index in [1.54, 1.807) is 0 Å². The van der Waals surface area contributed by atoms with Crippen LogP contribution >= 0.6 is 11.3 Å². The van der Waals surface area contributed by atoms with Gasteiger partial charge in [-0.25, -0.2) is 14.1 Å². The fourth-order valence-electron chi connectivity index (χ4n) is 1.96. The average Bonchev–Trinajstić information content (AvgIpc) is 3.00. The van der Waals surface area contributed by atoms with Crippen LogP contribution in [0.4, 0.5) is 5.13 Å². The first-order valence-corrected chi connectivity index (χ1v) is 9.12. The van der Waals surface area contributed by atoms with E-state index in [0.717, 1.165) is 11.3 Å². The van der Waals surface area contributed by atoms with Crippen LogP contribution in [-0.2, 0) is 29.5 Å². The molecule has 16 nitrogen and oxygen atoms in total. The molecule has 150 valence electrons. The number of amides is 2. The van der Waals surface area contributed by atoms with Crippen LogP contribution in [0.25, 0.3) is 10.4 Å². The first-order chi connectivity index (χ1) is 13.1. The molecule has 0 unspecified atom stereocenters. The van der Waals surface area contributed by atoms with Gasteiger partial charge >= 0.3 is 16.3 Å². The molecule has 2 heterocycles. The largest absolute Gasteiger partial charge is 0.479 e. The van der Waals surface area contributed by atoms with E-state index in [1.807, 2.05) is 5.32 Å². The summed E-state index contributed by atoms with van der Waals surface area (Å²) in [5, 5.41) is 18.3. The van der Waals surface area contributed by atoms with Gasteiger partial charge in [-0.3, -0.25) is 14.1 Å². The number of anilines is 1. The number of aromatic nitrogens is 1. The van der Waals surface area contributed by atoms with Crippen molar-refractivity contribution in [2.75, 3.05) is 12.3 Å². The summed E-state index contributed by atoms with van der Waals surface area (Å²) >= 11 is 0.921. The molecule has 1 fully saturated rings. The van der Waals surface area contributed by atoms with Crippen LogP contribution in [-0.4, -0.2) is 69.7 Å². The predicted octanol–water partition coefficient (Wildman–Crippen LogP) is -1.70. The molecule has 1 aromatic rings. The van der Waals surface area contributed by atoms with Crippen molar-refractivity contribution >= 4 is 50.3 Å². The van der Waals surface area contributed by atoms with Crippen molar-refractivity contribution in [3.05, 3.63) is 21.5 Å². The molecule has 0 aliphatic carbocycles. The van der Waals surface area contributed by atoms with Crippen molar-refractivity contribution in [3.8, 4) is 0 Å².